The predicted octanol–water partition coefficient (Wildman–Crippen LogP) is 2.41. The van der Waals surface area contributed by atoms with Crippen molar-refractivity contribution in [2.75, 3.05) is 6.61 Å². The van der Waals surface area contributed by atoms with Gasteiger partial charge in [-0.05, 0) is 25.1 Å². The maximum Gasteiger partial charge on any atom is 0.435 e. The number of para-hydroxylation sites is 1. The number of ether oxygens (including phenoxy) is 2. The summed E-state index contributed by atoms with van der Waals surface area (Å²) in [6, 6.07) is 9.13. The van der Waals surface area contributed by atoms with E-state index in [0.717, 1.165) is 10.9 Å². The van der Waals surface area contributed by atoms with E-state index >= 15 is 0 Å². The summed E-state index contributed by atoms with van der Waals surface area (Å²) in [6.07, 6.45) is 2.68. The molecule has 0 saturated heterocycles. The van der Waals surface area contributed by atoms with E-state index in [9.17, 15) is 4.79 Å². The van der Waals surface area contributed by atoms with Crippen LogP contribution in [-0.4, -0.2) is 32.7 Å². The van der Waals surface area contributed by atoms with E-state index < -0.39 is 6.09 Å². The van der Waals surface area contributed by atoms with Gasteiger partial charge in [0.15, 0.2) is 0 Å². The molecule has 3 rings (SSSR count). The Balaban J connectivity index is 1.91. The molecule has 0 spiro atoms. The molecule has 0 aliphatic carbocycles. The number of benzene rings is 1. The molecule has 112 valence electrons. The number of carbonyl (C=O) groups is 1. The summed E-state index contributed by atoms with van der Waals surface area (Å²) in [5, 5.41) is 12.5. The standard InChI is InChI=1S/C15H14N4O3/c1-2-21-15(20)19-13-6-4-3-5-12(13)14(18-19)22-10-11-7-8-16-17-9-11/h3-9H,2,10H2,1H3. The van der Waals surface area contributed by atoms with Crippen molar-refractivity contribution in [3.05, 3.63) is 48.3 Å². The molecule has 7 heteroatoms. The first-order chi connectivity index (χ1) is 10.8. The average Bonchev–Trinajstić information content (AvgIpc) is 2.93. The fraction of sp³-hybridized carbons (Fsp3) is 0.200. The highest BCUT2D eigenvalue weighted by atomic mass is 16.6. The zero-order valence-corrected chi connectivity index (χ0v) is 12.0. The molecular weight excluding hydrogens is 284 g/mol. The zero-order chi connectivity index (χ0) is 15.4. The molecule has 1 aromatic carbocycles. The molecular formula is C15H14N4O3. The van der Waals surface area contributed by atoms with E-state index in [-0.39, 0.29) is 6.61 Å². The highest BCUT2D eigenvalue weighted by molar-refractivity contribution is 5.91. The van der Waals surface area contributed by atoms with Gasteiger partial charge in [-0.3, -0.25) is 0 Å². The lowest BCUT2D eigenvalue weighted by molar-refractivity contribution is 0.150. The molecule has 0 radical (unpaired) electrons. The third kappa shape index (κ3) is 2.73. The van der Waals surface area contributed by atoms with Crippen LogP contribution < -0.4 is 4.74 Å². The second kappa shape index (κ2) is 6.21. The fourth-order valence-corrected chi connectivity index (χ4v) is 2.02. The second-order valence-corrected chi connectivity index (χ2v) is 4.47. The Labute approximate surface area is 126 Å². The number of rotatable bonds is 4. The number of aromatic nitrogens is 4. The number of hydrogen-bond acceptors (Lipinski definition) is 6. The first kappa shape index (κ1) is 14.0. The average molecular weight is 298 g/mol. The monoisotopic (exact) mass is 298 g/mol. The minimum atomic E-state index is -0.529. The summed E-state index contributed by atoms with van der Waals surface area (Å²) in [4.78, 5) is 12.0. The van der Waals surface area contributed by atoms with Gasteiger partial charge in [-0.1, -0.05) is 12.1 Å². The minimum absolute atomic E-state index is 0.284. The molecule has 0 saturated carbocycles. The maximum absolute atomic E-state index is 12.0. The van der Waals surface area contributed by atoms with Crippen LogP contribution in [0.5, 0.6) is 5.88 Å². The van der Waals surface area contributed by atoms with Crippen molar-refractivity contribution in [1.82, 2.24) is 20.0 Å². The Hall–Kier alpha value is -2.96. The van der Waals surface area contributed by atoms with Crippen LogP contribution in [0.15, 0.2) is 42.7 Å². The van der Waals surface area contributed by atoms with Crippen LogP contribution in [0.25, 0.3) is 10.9 Å². The Bertz CT molecular complexity index is 786. The van der Waals surface area contributed by atoms with E-state index in [4.69, 9.17) is 9.47 Å². The van der Waals surface area contributed by atoms with E-state index in [1.807, 2.05) is 18.2 Å². The van der Waals surface area contributed by atoms with Crippen molar-refractivity contribution < 1.29 is 14.3 Å². The number of nitrogens with zero attached hydrogens (tertiary/aromatic N) is 4. The van der Waals surface area contributed by atoms with Crippen molar-refractivity contribution in [2.24, 2.45) is 0 Å². The van der Waals surface area contributed by atoms with Crippen LogP contribution in [0.4, 0.5) is 4.79 Å². The van der Waals surface area contributed by atoms with Gasteiger partial charge in [-0.2, -0.15) is 14.9 Å². The number of hydrogen-bond donors (Lipinski definition) is 0. The second-order valence-electron chi connectivity index (χ2n) is 4.47. The normalized spacial score (nSPS) is 10.6. The van der Waals surface area contributed by atoms with Crippen LogP contribution >= 0.6 is 0 Å². The van der Waals surface area contributed by atoms with E-state index in [1.54, 1.807) is 31.5 Å². The van der Waals surface area contributed by atoms with Crippen molar-refractivity contribution in [1.29, 1.82) is 0 Å². The molecule has 0 amide bonds. The van der Waals surface area contributed by atoms with Gasteiger partial charge in [0.25, 0.3) is 0 Å². The number of fused-ring (bicyclic) bond motifs is 1. The molecule has 3 aromatic rings. The van der Waals surface area contributed by atoms with Crippen LogP contribution in [0.3, 0.4) is 0 Å². The van der Waals surface area contributed by atoms with Gasteiger partial charge in [-0.15, -0.1) is 5.10 Å². The Morgan fingerprint density at radius 3 is 2.86 bits per heavy atom. The van der Waals surface area contributed by atoms with Gasteiger partial charge < -0.3 is 9.47 Å². The molecule has 0 bridgehead atoms. The van der Waals surface area contributed by atoms with Crippen LogP contribution in [-0.2, 0) is 11.3 Å². The highest BCUT2D eigenvalue weighted by Gasteiger charge is 2.17. The summed E-state index contributed by atoms with van der Waals surface area (Å²) in [5.41, 5.74) is 1.51. The van der Waals surface area contributed by atoms with Crippen LogP contribution in [0.1, 0.15) is 12.5 Å². The molecule has 0 aliphatic heterocycles. The predicted molar refractivity (Wildman–Crippen MR) is 78.5 cm³/mol. The van der Waals surface area contributed by atoms with Crippen molar-refractivity contribution in [3.63, 3.8) is 0 Å². The molecule has 2 aromatic heterocycles. The Morgan fingerprint density at radius 1 is 1.23 bits per heavy atom. The number of carbonyl (C=O) groups excluding carboxylic acids is 1. The first-order valence-electron chi connectivity index (χ1n) is 6.83. The topological polar surface area (TPSA) is 79.1 Å². The van der Waals surface area contributed by atoms with E-state index in [2.05, 4.69) is 15.3 Å². The van der Waals surface area contributed by atoms with Gasteiger partial charge in [0.05, 0.1) is 23.7 Å². The molecule has 22 heavy (non-hydrogen) atoms. The molecule has 0 aliphatic rings. The molecule has 2 heterocycles. The van der Waals surface area contributed by atoms with Crippen molar-refractivity contribution >= 4 is 17.0 Å². The third-order valence-corrected chi connectivity index (χ3v) is 3.02. The van der Waals surface area contributed by atoms with Crippen LogP contribution in [0.2, 0.25) is 0 Å². The van der Waals surface area contributed by atoms with Crippen molar-refractivity contribution in [3.8, 4) is 5.88 Å². The largest absolute Gasteiger partial charge is 0.471 e. The Morgan fingerprint density at radius 2 is 2.09 bits per heavy atom. The minimum Gasteiger partial charge on any atom is -0.471 e. The van der Waals surface area contributed by atoms with E-state index in [0.29, 0.717) is 18.0 Å². The highest BCUT2D eigenvalue weighted by Crippen LogP contribution is 2.25. The first-order valence-corrected chi connectivity index (χ1v) is 6.83. The lowest BCUT2D eigenvalue weighted by atomic mass is 10.2. The molecule has 0 fully saturated rings. The summed E-state index contributed by atoms with van der Waals surface area (Å²) >= 11 is 0. The quantitative estimate of drug-likeness (QED) is 0.736. The molecule has 0 atom stereocenters. The van der Waals surface area contributed by atoms with Crippen LogP contribution in [0, 0.1) is 0 Å². The fourth-order valence-electron chi connectivity index (χ4n) is 2.02. The van der Waals surface area contributed by atoms with Gasteiger partial charge in [0.2, 0.25) is 5.88 Å². The third-order valence-electron chi connectivity index (χ3n) is 3.02. The van der Waals surface area contributed by atoms with Gasteiger partial charge in [-0.25, -0.2) is 4.79 Å². The lowest BCUT2D eigenvalue weighted by Crippen LogP contribution is -2.14. The maximum atomic E-state index is 12.0. The zero-order valence-electron chi connectivity index (χ0n) is 12.0. The summed E-state index contributed by atoms with van der Waals surface area (Å²) in [5.74, 6) is 0.375. The summed E-state index contributed by atoms with van der Waals surface area (Å²) in [6.45, 7) is 2.32. The van der Waals surface area contributed by atoms with E-state index in [1.165, 1.54) is 4.68 Å². The Kier molecular flexibility index (Phi) is 3.95. The molecule has 0 N–H and O–H groups in total. The van der Waals surface area contributed by atoms with Gasteiger partial charge in [0.1, 0.15) is 6.61 Å². The molecule has 7 nitrogen and oxygen atoms in total. The van der Waals surface area contributed by atoms with Gasteiger partial charge >= 0.3 is 6.09 Å². The van der Waals surface area contributed by atoms with Crippen molar-refractivity contribution in [2.45, 2.75) is 13.5 Å². The summed E-state index contributed by atoms with van der Waals surface area (Å²) in [7, 11) is 0. The van der Waals surface area contributed by atoms with Gasteiger partial charge in [0, 0.05) is 11.8 Å². The lowest BCUT2D eigenvalue weighted by Gasteiger charge is -2.02. The smallest absolute Gasteiger partial charge is 0.435 e. The summed E-state index contributed by atoms with van der Waals surface area (Å²) < 4.78 is 11.9. The SMILES string of the molecule is CCOC(=O)n1nc(OCc2ccnnc2)c2ccccc21. The molecule has 0 unspecified atom stereocenters.